The Morgan fingerprint density at radius 1 is 1.22 bits per heavy atom. The summed E-state index contributed by atoms with van der Waals surface area (Å²) >= 11 is 0. The number of hydrogen-bond donors (Lipinski definition) is 2. The number of anilines is 1. The number of nitrogen functional groups attached to an aromatic ring is 1. The van der Waals surface area contributed by atoms with E-state index in [0.717, 1.165) is 24.5 Å². The number of nitrogens with two attached hydrogens (primary N) is 1. The number of hydrogen-bond acceptors (Lipinski definition) is 6. The lowest BCUT2D eigenvalue weighted by Crippen LogP contribution is -2.16. The van der Waals surface area contributed by atoms with Crippen LogP contribution < -0.4 is 11.3 Å². The molecule has 1 heterocycles. The van der Waals surface area contributed by atoms with Gasteiger partial charge in [-0.2, -0.15) is 10.5 Å². The summed E-state index contributed by atoms with van der Waals surface area (Å²) in [7, 11) is -3.66. The van der Waals surface area contributed by atoms with E-state index in [1.54, 1.807) is 12.1 Å². The van der Waals surface area contributed by atoms with Gasteiger partial charge < -0.3 is 10.7 Å². The Balaban J connectivity index is 3.02. The molecule has 116 valence electrons. The fourth-order valence-electron chi connectivity index (χ4n) is 2.04. The highest BCUT2D eigenvalue weighted by Crippen LogP contribution is 2.31. The summed E-state index contributed by atoms with van der Waals surface area (Å²) in [6, 6.07) is 6.15. The number of pyridine rings is 1. The predicted octanol–water partition coefficient (Wildman–Crippen LogP) is 0.910. The maximum absolute atomic E-state index is 14.2. The molecule has 3 N–H and O–H groups in total. The Morgan fingerprint density at radius 2 is 1.83 bits per heavy atom. The van der Waals surface area contributed by atoms with Crippen LogP contribution >= 0.6 is 0 Å². The second kappa shape index (κ2) is 5.55. The molecule has 0 spiro atoms. The van der Waals surface area contributed by atoms with E-state index in [1.165, 1.54) is 0 Å². The Bertz CT molecular complexity index is 1060. The summed E-state index contributed by atoms with van der Waals surface area (Å²) in [5.41, 5.74) is 3.10. The Kier molecular flexibility index (Phi) is 3.91. The Morgan fingerprint density at radius 3 is 2.35 bits per heavy atom. The third-order valence-corrected chi connectivity index (χ3v) is 4.21. The summed E-state index contributed by atoms with van der Waals surface area (Å²) in [5, 5.41) is 18.3. The first-order valence-corrected chi connectivity index (χ1v) is 7.95. The highest BCUT2D eigenvalue weighted by atomic mass is 32.2. The number of benzene rings is 1. The average Bonchev–Trinajstić information content (AvgIpc) is 2.46. The standard InChI is InChI=1S/C14H9FN4O3S/c1-23(21,22)7-2-3-11(15)8(4-7)12-9(5-16)13(18)19-14(20)10(12)6-17/h2-4H,1H3,(H3,18,19,20). The van der Waals surface area contributed by atoms with Gasteiger partial charge in [0.25, 0.3) is 5.56 Å². The van der Waals surface area contributed by atoms with Gasteiger partial charge >= 0.3 is 0 Å². The van der Waals surface area contributed by atoms with Crippen LogP contribution in [0.25, 0.3) is 11.1 Å². The van der Waals surface area contributed by atoms with E-state index in [2.05, 4.69) is 4.98 Å². The highest BCUT2D eigenvalue weighted by molar-refractivity contribution is 7.90. The third kappa shape index (κ3) is 2.78. The van der Waals surface area contributed by atoms with Gasteiger partial charge in [0.2, 0.25) is 0 Å². The first-order valence-electron chi connectivity index (χ1n) is 6.06. The molecule has 1 aromatic heterocycles. The Hall–Kier alpha value is -3.17. The lowest BCUT2D eigenvalue weighted by atomic mass is 9.96. The summed E-state index contributed by atoms with van der Waals surface area (Å²) in [5.74, 6) is -1.23. The van der Waals surface area contributed by atoms with Crippen molar-refractivity contribution >= 4 is 15.7 Å². The first kappa shape index (κ1) is 16.2. The second-order valence-electron chi connectivity index (χ2n) is 4.63. The van der Waals surface area contributed by atoms with E-state index >= 15 is 0 Å². The van der Waals surface area contributed by atoms with Crippen LogP contribution in [0.3, 0.4) is 0 Å². The van der Waals surface area contributed by atoms with Gasteiger partial charge in [-0.05, 0) is 18.2 Å². The number of aromatic amines is 1. The van der Waals surface area contributed by atoms with Gasteiger partial charge in [-0.3, -0.25) is 4.79 Å². The van der Waals surface area contributed by atoms with Gasteiger partial charge in [0, 0.05) is 17.4 Å². The van der Waals surface area contributed by atoms with Gasteiger partial charge in [-0.1, -0.05) is 0 Å². The van der Waals surface area contributed by atoms with E-state index in [9.17, 15) is 22.9 Å². The quantitative estimate of drug-likeness (QED) is 0.783. The van der Waals surface area contributed by atoms with Crippen molar-refractivity contribution in [3.05, 3.63) is 45.5 Å². The van der Waals surface area contributed by atoms with Gasteiger partial charge in [-0.25, -0.2) is 12.8 Å². The maximum atomic E-state index is 14.2. The van der Waals surface area contributed by atoms with Crippen LogP contribution in [0.1, 0.15) is 11.1 Å². The molecule has 0 unspecified atom stereocenters. The molecule has 0 radical (unpaired) electrons. The molecule has 2 aromatic rings. The molecule has 0 saturated heterocycles. The minimum absolute atomic E-state index is 0.222. The normalized spacial score (nSPS) is 10.8. The zero-order valence-corrected chi connectivity index (χ0v) is 12.5. The highest BCUT2D eigenvalue weighted by Gasteiger charge is 2.22. The maximum Gasteiger partial charge on any atom is 0.268 e. The van der Waals surface area contributed by atoms with Crippen molar-refractivity contribution in [2.24, 2.45) is 0 Å². The van der Waals surface area contributed by atoms with Crippen LogP contribution in [0.15, 0.2) is 27.9 Å². The average molecular weight is 332 g/mol. The summed E-state index contributed by atoms with van der Waals surface area (Å²) < 4.78 is 37.4. The molecule has 0 amide bonds. The van der Waals surface area contributed by atoms with Crippen molar-refractivity contribution in [3.63, 3.8) is 0 Å². The molecular weight excluding hydrogens is 323 g/mol. The van der Waals surface area contributed by atoms with Gasteiger partial charge in [-0.15, -0.1) is 0 Å². The molecule has 0 saturated carbocycles. The van der Waals surface area contributed by atoms with Crippen molar-refractivity contribution in [1.82, 2.24) is 4.98 Å². The molecular formula is C14H9FN4O3S. The van der Waals surface area contributed by atoms with Crippen molar-refractivity contribution < 1.29 is 12.8 Å². The molecule has 0 fully saturated rings. The van der Waals surface area contributed by atoms with Gasteiger partial charge in [0.05, 0.1) is 4.90 Å². The summed E-state index contributed by atoms with van der Waals surface area (Å²) in [6.45, 7) is 0. The second-order valence-corrected chi connectivity index (χ2v) is 6.65. The number of H-pyrrole nitrogens is 1. The lowest BCUT2D eigenvalue weighted by Gasteiger charge is -2.11. The van der Waals surface area contributed by atoms with Crippen LogP contribution in [0.5, 0.6) is 0 Å². The van der Waals surface area contributed by atoms with E-state index in [-0.39, 0.29) is 27.4 Å². The minimum atomic E-state index is -3.66. The third-order valence-electron chi connectivity index (χ3n) is 3.10. The molecule has 0 aliphatic rings. The summed E-state index contributed by atoms with van der Waals surface area (Å²) in [4.78, 5) is 13.7. The molecule has 23 heavy (non-hydrogen) atoms. The number of nitrogens with zero attached hydrogens (tertiary/aromatic N) is 2. The minimum Gasteiger partial charge on any atom is -0.384 e. The smallest absolute Gasteiger partial charge is 0.268 e. The topological polar surface area (TPSA) is 141 Å². The summed E-state index contributed by atoms with van der Waals surface area (Å²) in [6.07, 6.45) is 0.923. The van der Waals surface area contributed by atoms with Gasteiger partial charge in [0.1, 0.15) is 34.9 Å². The van der Waals surface area contributed by atoms with Crippen LogP contribution in [0.2, 0.25) is 0 Å². The van der Waals surface area contributed by atoms with Crippen LogP contribution in [0, 0.1) is 28.5 Å². The molecule has 2 rings (SSSR count). The van der Waals surface area contributed by atoms with E-state index in [0.29, 0.717) is 0 Å². The molecule has 0 atom stereocenters. The van der Waals surface area contributed by atoms with Crippen molar-refractivity contribution in [3.8, 4) is 23.3 Å². The van der Waals surface area contributed by atoms with Crippen molar-refractivity contribution in [1.29, 1.82) is 10.5 Å². The number of aromatic nitrogens is 1. The molecule has 0 bridgehead atoms. The fraction of sp³-hybridized carbons (Fsp3) is 0.0714. The van der Waals surface area contributed by atoms with Gasteiger partial charge in [0.15, 0.2) is 9.84 Å². The number of rotatable bonds is 2. The zero-order valence-electron chi connectivity index (χ0n) is 11.7. The fourth-order valence-corrected chi connectivity index (χ4v) is 2.69. The van der Waals surface area contributed by atoms with E-state index in [1.807, 2.05) is 0 Å². The van der Waals surface area contributed by atoms with Crippen LogP contribution in [0.4, 0.5) is 10.2 Å². The molecule has 0 aliphatic heterocycles. The predicted molar refractivity (Wildman–Crippen MR) is 79.4 cm³/mol. The molecule has 0 aliphatic carbocycles. The zero-order chi connectivity index (χ0) is 17.4. The first-order chi connectivity index (χ1) is 10.7. The largest absolute Gasteiger partial charge is 0.384 e. The van der Waals surface area contributed by atoms with Crippen LogP contribution in [-0.2, 0) is 9.84 Å². The van der Waals surface area contributed by atoms with E-state index in [4.69, 9.17) is 11.0 Å². The number of nitriles is 2. The van der Waals surface area contributed by atoms with Crippen molar-refractivity contribution in [2.75, 3.05) is 12.0 Å². The lowest BCUT2D eigenvalue weighted by molar-refractivity contribution is 0.600. The molecule has 7 nitrogen and oxygen atoms in total. The molecule has 9 heteroatoms. The monoisotopic (exact) mass is 332 g/mol. The SMILES string of the molecule is CS(=O)(=O)c1ccc(F)c(-c2c(C#N)c(N)[nH]c(=O)c2C#N)c1. The molecule has 1 aromatic carbocycles. The van der Waals surface area contributed by atoms with Crippen LogP contribution in [-0.4, -0.2) is 19.7 Å². The van der Waals surface area contributed by atoms with Crippen molar-refractivity contribution in [2.45, 2.75) is 4.90 Å². The van der Waals surface area contributed by atoms with E-state index < -0.39 is 26.8 Å². The number of nitrogens with one attached hydrogen (secondary N) is 1. The number of sulfone groups is 1. The number of halogens is 1. The Labute approximate surface area is 130 Å².